The summed E-state index contributed by atoms with van der Waals surface area (Å²) in [4.78, 5) is 25.5. The highest BCUT2D eigenvalue weighted by Crippen LogP contribution is 2.34. The lowest BCUT2D eigenvalue weighted by Crippen LogP contribution is -2.21. The zero-order chi connectivity index (χ0) is 17.4. The molecule has 4 nitrogen and oxygen atoms in total. The van der Waals surface area contributed by atoms with Crippen LogP contribution in [-0.4, -0.2) is 26.2 Å². The predicted octanol–water partition coefficient (Wildman–Crippen LogP) is 4.37. The summed E-state index contributed by atoms with van der Waals surface area (Å²) >= 11 is 1.69. The number of methoxy groups -OCH3 is 2. The Balaban J connectivity index is 2.27. The maximum Gasteiger partial charge on any atom is 0.345 e. The number of thiophene rings is 1. The molecule has 0 radical (unpaired) electrons. The Labute approximate surface area is 147 Å². The van der Waals surface area contributed by atoms with Crippen molar-refractivity contribution in [2.24, 2.45) is 5.92 Å². The van der Waals surface area contributed by atoms with Gasteiger partial charge in [0, 0.05) is 4.88 Å². The van der Waals surface area contributed by atoms with Crippen molar-refractivity contribution >= 4 is 29.4 Å². The van der Waals surface area contributed by atoms with Crippen LogP contribution in [0.4, 0.5) is 0 Å². The minimum Gasteiger partial charge on any atom is -0.465 e. The minimum absolute atomic E-state index is 0.0939. The van der Waals surface area contributed by atoms with E-state index in [1.165, 1.54) is 19.1 Å². The second-order valence-corrected chi connectivity index (χ2v) is 6.81. The van der Waals surface area contributed by atoms with Crippen LogP contribution in [-0.2, 0) is 19.1 Å². The summed E-state index contributed by atoms with van der Waals surface area (Å²) < 4.78 is 9.65. The van der Waals surface area contributed by atoms with E-state index in [4.69, 9.17) is 9.47 Å². The fourth-order valence-electron chi connectivity index (χ4n) is 3.13. The van der Waals surface area contributed by atoms with Gasteiger partial charge in [-0.25, -0.2) is 9.59 Å². The van der Waals surface area contributed by atoms with E-state index in [1.54, 1.807) is 11.3 Å². The molecule has 130 valence electrons. The number of hydrogen-bond donors (Lipinski definition) is 0. The van der Waals surface area contributed by atoms with Gasteiger partial charge in [-0.3, -0.25) is 0 Å². The van der Waals surface area contributed by atoms with E-state index in [0.29, 0.717) is 0 Å². The third kappa shape index (κ3) is 4.81. The molecule has 24 heavy (non-hydrogen) atoms. The van der Waals surface area contributed by atoms with E-state index in [-0.39, 0.29) is 11.5 Å². The average Bonchev–Trinajstić information content (AvgIpc) is 3.01. The molecule has 0 N–H and O–H groups in total. The van der Waals surface area contributed by atoms with Crippen molar-refractivity contribution in [3.05, 3.63) is 39.6 Å². The summed E-state index contributed by atoms with van der Waals surface area (Å²) in [6.07, 6.45) is 9.97. The molecular weight excluding hydrogens is 324 g/mol. The number of esters is 2. The summed E-state index contributed by atoms with van der Waals surface area (Å²) in [5.41, 5.74) is 0.985. The van der Waals surface area contributed by atoms with Gasteiger partial charge < -0.3 is 9.47 Å². The summed E-state index contributed by atoms with van der Waals surface area (Å²) in [6, 6.07) is 4.09. The van der Waals surface area contributed by atoms with Crippen molar-refractivity contribution in [1.82, 2.24) is 0 Å². The van der Waals surface area contributed by atoms with Gasteiger partial charge in [-0.1, -0.05) is 25.0 Å². The molecule has 0 unspecified atom stereocenters. The summed E-state index contributed by atoms with van der Waals surface area (Å²) in [5.74, 6) is -1.01. The smallest absolute Gasteiger partial charge is 0.345 e. The first-order valence-electron chi connectivity index (χ1n) is 8.27. The number of hydrogen-bond acceptors (Lipinski definition) is 5. The van der Waals surface area contributed by atoms with Crippen LogP contribution >= 0.6 is 11.3 Å². The third-order valence-electron chi connectivity index (χ3n) is 4.34. The van der Waals surface area contributed by atoms with Crippen molar-refractivity contribution in [1.29, 1.82) is 0 Å². The van der Waals surface area contributed by atoms with Crippen molar-refractivity contribution < 1.29 is 19.1 Å². The first-order chi connectivity index (χ1) is 11.7. The molecule has 1 atom stereocenters. The van der Waals surface area contributed by atoms with E-state index in [0.717, 1.165) is 44.1 Å². The lowest BCUT2D eigenvalue weighted by atomic mass is 9.87. The SMILES string of the molecule is COC(=O)C(C(=O)OC)=C1CCCCC[C@H]1C/C=C/c1cccs1. The number of carbonyl (C=O) groups is 2. The monoisotopic (exact) mass is 348 g/mol. The molecule has 1 heterocycles. The Kier molecular flexibility index (Phi) is 7.25. The summed E-state index contributed by atoms with van der Waals surface area (Å²) in [5, 5.41) is 2.04. The van der Waals surface area contributed by atoms with Gasteiger partial charge in [-0.2, -0.15) is 0 Å². The summed E-state index contributed by atoms with van der Waals surface area (Å²) in [6.45, 7) is 0. The van der Waals surface area contributed by atoms with Gasteiger partial charge in [0.2, 0.25) is 0 Å². The first kappa shape index (κ1) is 18.5. The molecule has 1 aromatic rings. The molecule has 0 aliphatic heterocycles. The van der Waals surface area contributed by atoms with Crippen molar-refractivity contribution in [3.63, 3.8) is 0 Å². The fraction of sp³-hybridized carbons (Fsp3) is 0.474. The maximum atomic E-state index is 12.1. The molecule has 5 heteroatoms. The van der Waals surface area contributed by atoms with Crippen LogP contribution in [0.2, 0.25) is 0 Å². The van der Waals surface area contributed by atoms with Gasteiger partial charge in [0.15, 0.2) is 0 Å². The molecule has 0 saturated heterocycles. The van der Waals surface area contributed by atoms with Crippen LogP contribution < -0.4 is 0 Å². The van der Waals surface area contributed by atoms with E-state index in [1.807, 2.05) is 11.4 Å². The molecule has 0 bridgehead atoms. The zero-order valence-corrected chi connectivity index (χ0v) is 15.1. The summed E-state index contributed by atoms with van der Waals surface area (Å²) in [7, 11) is 2.60. The molecule has 0 aromatic carbocycles. The molecule has 2 rings (SSSR count). The van der Waals surface area contributed by atoms with Crippen molar-refractivity contribution in [3.8, 4) is 0 Å². The van der Waals surface area contributed by atoms with Crippen molar-refractivity contribution in [2.75, 3.05) is 14.2 Å². The predicted molar refractivity (Wildman–Crippen MR) is 95.6 cm³/mol. The average molecular weight is 348 g/mol. The molecule has 0 amide bonds. The Morgan fingerprint density at radius 3 is 2.58 bits per heavy atom. The van der Waals surface area contributed by atoms with Crippen LogP contribution in [0, 0.1) is 5.92 Å². The molecule has 1 aliphatic carbocycles. The lowest BCUT2D eigenvalue weighted by molar-refractivity contribution is -0.144. The molecule has 0 spiro atoms. The molecule has 1 fully saturated rings. The topological polar surface area (TPSA) is 52.6 Å². The highest BCUT2D eigenvalue weighted by Gasteiger charge is 2.29. The number of ether oxygens (including phenoxy) is 2. The minimum atomic E-state index is -0.592. The molecular formula is C19H24O4S. The largest absolute Gasteiger partial charge is 0.465 e. The molecule has 1 aliphatic rings. The second-order valence-electron chi connectivity index (χ2n) is 5.83. The van der Waals surface area contributed by atoms with Crippen molar-refractivity contribution in [2.45, 2.75) is 38.5 Å². The van der Waals surface area contributed by atoms with Gasteiger partial charge >= 0.3 is 11.9 Å². The lowest BCUT2D eigenvalue weighted by Gasteiger charge is -2.19. The normalized spacial score (nSPS) is 18.2. The van der Waals surface area contributed by atoms with Gasteiger partial charge in [-0.15, -0.1) is 11.3 Å². The highest BCUT2D eigenvalue weighted by atomic mass is 32.1. The maximum absolute atomic E-state index is 12.1. The van der Waals surface area contributed by atoms with Gasteiger partial charge in [0.25, 0.3) is 0 Å². The quantitative estimate of drug-likeness (QED) is 0.261. The Morgan fingerprint density at radius 1 is 1.21 bits per heavy atom. The van der Waals surface area contributed by atoms with Crippen LogP contribution in [0.25, 0.3) is 6.08 Å². The van der Waals surface area contributed by atoms with Crippen LogP contribution in [0.1, 0.15) is 43.4 Å². The number of rotatable bonds is 5. The second kappa shape index (κ2) is 9.42. The van der Waals surface area contributed by atoms with Crippen LogP contribution in [0.3, 0.4) is 0 Å². The van der Waals surface area contributed by atoms with E-state index in [9.17, 15) is 9.59 Å². The Morgan fingerprint density at radius 2 is 1.96 bits per heavy atom. The van der Waals surface area contributed by atoms with E-state index in [2.05, 4.69) is 18.2 Å². The fourth-order valence-corrected chi connectivity index (χ4v) is 3.78. The zero-order valence-electron chi connectivity index (χ0n) is 14.2. The van der Waals surface area contributed by atoms with Gasteiger partial charge in [-0.05, 0) is 54.7 Å². The van der Waals surface area contributed by atoms with Gasteiger partial charge in [0.05, 0.1) is 14.2 Å². The van der Waals surface area contributed by atoms with Crippen LogP contribution in [0.5, 0.6) is 0 Å². The molecule has 1 aromatic heterocycles. The highest BCUT2D eigenvalue weighted by molar-refractivity contribution is 7.10. The number of carbonyl (C=O) groups excluding carboxylic acids is 2. The van der Waals surface area contributed by atoms with Gasteiger partial charge in [0.1, 0.15) is 5.57 Å². The first-order valence-corrected chi connectivity index (χ1v) is 9.15. The third-order valence-corrected chi connectivity index (χ3v) is 5.18. The van der Waals surface area contributed by atoms with E-state index >= 15 is 0 Å². The Bertz CT molecular complexity index is 595. The van der Waals surface area contributed by atoms with E-state index < -0.39 is 11.9 Å². The van der Waals surface area contributed by atoms with Crippen LogP contribution in [0.15, 0.2) is 34.7 Å². The standard InChI is InChI=1S/C19H24O4S/c1-22-18(20)17(19(21)23-2)16-12-5-3-4-8-14(16)9-6-10-15-11-7-13-24-15/h6-7,10-11,13-14H,3-5,8-9,12H2,1-2H3/b10-6+/t14-/m0/s1. The Hall–Kier alpha value is -1.88. The molecule has 1 saturated carbocycles. The number of allylic oxidation sites excluding steroid dienone is 2.